The van der Waals surface area contributed by atoms with Crippen LogP contribution in [0.5, 0.6) is 0 Å². The summed E-state index contributed by atoms with van der Waals surface area (Å²) in [4.78, 5) is -0.287. The second kappa shape index (κ2) is 12.7. The molecule has 0 aliphatic rings. The van der Waals surface area contributed by atoms with Gasteiger partial charge in [0.1, 0.15) is 5.69 Å². The van der Waals surface area contributed by atoms with Gasteiger partial charge < -0.3 is 4.90 Å². The minimum atomic E-state index is -2.84. The third-order valence-electron chi connectivity index (χ3n) is 7.77. The molecule has 0 saturated carbocycles. The van der Waals surface area contributed by atoms with Crippen molar-refractivity contribution in [3.8, 4) is 11.1 Å². The van der Waals surface area contributed by atoms with Crippen LogP contribution in [-0.2, 0) is 0 Å². The zero-order valence-corrected chi connectivity index (χ0v) is 23.5. The molecule has 0 N–H and O–H groups in total. The van der Waals surface area contributed by atoms with Crippen LogP contribution in [0.2, 0.25) is 24.2 Å². The molecule has 3 aromatic carbocycles. The van der Waals surface area contributed by atoms with Gasteiger partial charge in [0.05, 0.1) is 24.9 Å². The molecule has 0 radical (unpaired) electrons. The average molecular weight is 654 g/mol. The summed E-state index contributed by atoms with van der Waals surface area (Å²) in [5.74, 6) is -38.5. The van der Waals surface area contributed by atoms with Gasteiger partial charge in [0.25, 0.3) is 0 Å². The first-order chi connectivity index (χ1) is 20.0. The molecule has 0 spiro atoms. The third kappa shape index (κ3) is 5.57. The van der Waals surface area contributed by atoms with Crippen molar-refractivity contribution in [3.05, 3.63) is 81.4 Å². The molecule has 236 valence electrons. The highest BCUT2D eigenvalue weighted by atomic mass is 28.3. The molecule has 0 saturated heterocycles. The molecule has 0 unspecified atom stereocenters. The normalized spacial score (nSPS) is 11.9. The predicted molar refractivity (Wildman–Crippen MR) is 131 cm³/mol. The predicted octanol–water partition coefficient (Wildman–Crippen LogP) is 10.3. The maximum Gasteiger partial charge on any atom is 0.200 e. The van der Waals surface area contributed by atoms with Crippen LogP contribution in [0.3, 0.4) is 0 Å². The van der Waals surface area contributed by atoms with Crippen LogP contribution in [0.15, 0.2) is 0 Å². The first kappa shape index (κ1) is 34.2. The molecule has 3 rings (SSSR count). The second-order valence-corrected chi connectivity index (χ2v) is 15.3. The van der Waals surface area contributed by atoms with Crippen LogP contribution in [0.1, 0.15) is 27.2 Å². The summed E-state index contributed by atoms with van der Waals surface area (Å²) in [6.07, 6.45) is -0.322. The van der Waals surface area contributed by atoms with Gasteiger partial charge in [-0.25, -0.2) is 61.5 Å². The topological polar surface area (TPSA) is 3.24 Å². The van der Waals surface area contributed by atoms with Gasteiger partial charge in [-0.15, -0.1) is 0 Å². The van der Waals surface area contributed by atoms with E-state index in [1.165, 1.54) is 0 Å². The number of halogens is 14. The van der Waals surface area contributed by atoms with Gasteiger partial charge in [-0.2, -0.15) is 0 Å². The van der Waals surface area contributed by atoms with E-state index in [1.54, 1.807) is 0 Å². The molecule has 16 heteroatoms. The third-order valence-corrected chi connectivity index (χ3v) is 13.7. The van der Waals surface area contributed by atoms with Crippen LogP contribution in [-0.4, -0.2) is 14.6 Å². The van der Waals surface area contributed by atoms with E-state index >= 15 is 17.6 Å². The number of hydrogen-bond donors (Lipinski definition) is 0. The van der Waals surface area contributed by atoms with E-state index in [0.29, 0.717) is 18.1 Å². The Morgan fingerprint density at radius 1 is 0.395 bits per heavy atom. The lowest BCUT2D eigenvalue weighted by atomic mass is 9.98. The standard InChI is InChI=1S/C27H21F14NSi/c1-4-43(5-2,6-3)9-7-8-42(27-24(40)21(37)19(35)22(38)25(27)41)26-11(14(30)17(33)20(36)23(26)39)10-12(28)15(31)18(34)16(32)13(10)29/h4-9H2,1-3H3. The van der Waals surface area contributed by atoms with Gasteiger partial charge >= 0.3 is 0 Å². The summed E-state index contributed by atoms with van der Waals surface area (Å²) in [7, 11) is -2.19. The number of hydrogen-bond acceptors (Lipinski definition) is 1. The van der Waals surface area contributed by atoms with E-state index in [0.717, 1.165) is 0 Å². The molecule has 0 aliphatic carbocycles. The first-order valence-corrected chi connectivity index (χ1v) is 15.5. The van der Waals surface area contributed by atoms with Crippen molar-refractivity contribution in [2.75, 3.05) is 11.4 Å². The maximum absolute atomic E-state index is 15.4. The summed E-state index contributed by atoms with van der Waals surface area (Å²) in [5, 5.41) is 0. The van der Waals surface area contributed by atoms with Crippen molar-refractivity contribution in [3.63, 3.8) is 0 Å². The number of benzene rings is 3. The van der Waals surface area contributed by atoms with Gasteiger partial charge in [0.2, 0.25) is 11.6 Å². The molecular weight excluding hydrogens is 632 g/mol. The van der Waals surface area contributed by atoms with Crippen molar-refractivity contribution in [1.29, 1.82) is 0 Å². The summed E-state index contributed by atoms with van der Waals surface area (Å²) in [6.45, 7) is 4.36. The van der Waals surface area contributed by atoms with Crippen LogP contribution in [0.25, 0.3) is 11.1 Å². The minimum Gasteiger partial charge on any atom is -0.333 e. The largest absolute Gasteiger partial charge is 0.333 e. The zero-order chi connectivity index (χ0) is 32.7. The Morgan fingerprint density at radius 3 is 1.07 bits per heavy atom. The van der Waals surface area contributed by atoms with Crippen LogP contribution in [0, 0.1) is 81.4 Å². The van der Waals surface area contributed by atoms with Gasteiger partial charge in [0, 0.05) is 6.54 Å². The summed E-state index contributed by atoms with van der Waals surface area (Å²) in [6, 6.07) is 2.06. The fourth-order valence-electron chi connectivity index (χ4n) is 4.98. The fraction of sp³-hybridized carbons (Fsp3) is 0.333. The SMILES string of the molecule is CC[Si](CC)(CC)CCCN(c1c(F)c(F)c(F)c(F)c1F)c1c(F)c(F)c(F)c(F)c1-c1c(F)c(F)c(F)c(F)c1F. The summed E-state index contributed by atoms with van der Waals surface area (Å²) in [5.41, 5.74) is -8.82. The molecule has 3 aromatic rings. The van der Waals surface area contributed by atoms with Gasteiger partial charge in [-0.05, 0) is 6.42 Å². The lowest BCUT2D eigenvalue weighted by Crippen LogP contribution is -2.33. The van der Waals surface area contributed by atoms with Gasteiger partial charge in [-0.1, -0.05) is 44.9 Å². The number of rotatable bonds is 10. The Balaban J connectivity index is 2.52. The molecule has 1 nitrogen and oxygen atoms in total. The Morgan fingerprint density at radius 2 is 0.698 bits per heavy atom. The lowest BCUT2D eigenvalue weighted by molar-refractivity contribution is 0.377. The van der Waals surface area contributed by atoms with Crippen molar-refractivity contribution < 1.29 is 61.5 Å². The number of nitrogens with zero attached hydrogens (tertiary/aromatic N) is 1. The molecule has 43 heavy (non-hydrogen) atoms. The van der Waals surface area contributed by atoms with E-state index in [2.05, 4.69) is 0 Å². The Hall–Kier alpha value is -3.30. The maximum atomic E-state index is 15.4. The molecule has 0 aliphatic heterocycles. The molecular formula is C27H21F14NSi. The van der Waals surface area contributed by atoms with E-state index in [9.17, 15) is 43.9 Å². The van der Waals surface area contributed by atoms with Gasteiger partial charge in [-0.3, -0.25) is 0 Å². The fourth-order valence-corrected chi connectivity index (χ4v) is 8.45. The highest BCUT2D eigenvalue weighted by Gasteiger charge is 2.39. The van der Waals surface area contributed by atoms with Crippen LogP contribution >= 0.6 is 0 Å². The van der Waals surface area contributed by atoms with Crippen molar-refractivity contribution in [2.45, 2.75) is 51.4 Å². The highest BCUT2D eigenvalue weighted by molar-refractivity contribution is 6.79. The summed E-state index contributed by atoms with van der Waals surface area (Å²) >= 11 is 0. The number of anilines is 2. The molecule has 0 bridgehead atoms. The Bertz CT molecular complexity index is 1500. The van der Waals surface area contributed by atoms with E-state index in [1.807, 2.05) is 20.8 Å². The molecule has 0 aromatic heterocycles. The van der Waals surface area contributed by atoms with Crippen LogP contribution in [0.4, 0.5) is 72.8 Å². The highest BCUT2D eigenvalue weighted by Crippen LogP contribution is 2.46. The average Bonchev–Trinajstić information content (AvgIpc) is 3.00. The lowest BCUT2D eigenvalue weighted by Gasteiger charge is -2.32. The van der Waals surface area contributed by atoms with Gasteiger partial charge in [0.15, 0.2) is 69.8 Å². The van der Waals surface area contributed by atoms with Crippen LogP contribution < -0.4 is 4.90 Å². The molecule has 0 heterocycles. The first-order valence-electron chi connectivity index (χ1n) is 12.7. The molecule has 0 amide bonds. The summed E-state index contributed by atoms with van der Waals surface area (Å²) < 4.78 is 203. The Kier molecular flexibility index (Phi) is 10.1. The minimum absolute atomic E-state index is 0.202. The monoisotopic (exact) mass is 653 g/mol. The molecule has 0 atom stereocenters. The van der Waals surface area contributed by atoms with E-state index in [4.69, 9.17) is 0 Å². The Labute approximate surface area is 236 Å². The van der Waals surface area contributed by atoms with E-state index < -0.39 is 119 Å². The van der Waals surface area contributed by atoms with Crippen molar-refractivity contribution >= 4 is 19.4 Å². The van der Waals surface area contributed by atoms with Crippen molar-refractivity contribution in [2.24, 2.45) is 0 Å². The smallest absolute Gasteiger partial charge is 0.200 e. The van der Waals surface area contributed by atoms with E-state index in [-0.39, 0.29) is 17.4 Å². The quantitative estimate of drug-likeness (QED) is 0.0911. The molecule has 0 fully saturated rings. The zero-order valence-electron chi connectivity index (χ0n) is 22.5. The second-order valence-electron chi connectivity index (χ2n) is 9.66. The van der Waals surface area contributed by atoms with Crippen molar-refractivity contribution in [1.82, 2.24) is 0 Å².